The molecule has 0 saturated carbocycles. The summed E-state index contributed by atoms with van der Waals surface area (Å²) in [5, 5.41) is 8.86. The highest BCUT2D eigenvalue weighted by atomic mass is 16.5. The van der Waals surface area contributed by atoms with Gasteiger partial charge in [0.1, 0.15) is 0 Å². The van der Waals surface area contributed by atoms with Crippen LogP contribution in [-0.4, -0.2) is 43.7 Å². The van der Waals surface area contributed by atoms with E-state index >= 15 is 0 Å². The van der Waals surface area contributed by atoms with Crippen molar-refractivity contribution in [3.63, 3.8) is 0 Å². The Morgan fingerprint density at radius 1 is 1.14 bits per heavy atom. The fourth-order valence-electron chi connectivity index (χ4n) is 0.851. The normalized spacial score (nSPS) is 15.4. The molecule has 0 bridgehead atoms. The highest BCUT2D eigenvalue weighted by Crippen LogP contribution is 2.03. The molecule has 4 heteroatoms. The van der Waals surface area contributed by atoms with Crippen molar-refractivity contribution in [1.29, 1.82) is 0 Å². The van der Waals surface area contributed by atoms with Crippen LogP contribution in [0, 0.1) is 0 Å². The first-order valence-corrected chi connectivity index (χ1v) is 5.17. The van der Waals surface area contributed by atoms with Gasteiger partial charge in [-0.1, -0.05) is 6.92 Å². The predicted molar refractivity (Wildman–Crippen MR) is 56.2 cm³/mol. The zero-order valence-corrected chi connectivity index (χ0v) is 9.29. The number of hydrogen-bond acceptors (Lipinski definition) is 4. The first-order valence-electron chi connectivity index (χ1n) is 5.17. The quantitative estimate of drug-likeness (QED) is 0.539. The van der Waals surface area contributed by atoms with Crippen molar-refractivity contribution in [3.05, 3.63) is 0 Å². The van der Waals surface area contributed by atoms with Crippen LogP contribution in [-0.2, 0) is 9.47 Å². The Morgan fingerprint density at radius 2 is 1.71 bits per heavy atom. The first kappa shape index (κ1) is 13.8. The van der Waals surface area contributed by atoms with Crippen molar-refractivity contribution in [2.45, 2.75) is 32.2 Å². The molecular formula is C10H23NO3. The van der Waals surface area contributed by atoms with Gasteiger partial charge in [-0.05, 0) is 19.8 Å². The van der Waals surface area contributed by atoms with Gasteiger partial charge < -0.3 is 20.3 Å². The van der Waals surface area contributed by atoms with Crippen molar-refractivity contribution in [1.82, 2.24) is 0 Å². The molecule has 1 atom stereocenters. The van der Waals surface area contributed by atoms with Crippen molar-refractivity contribution >= 4 is 0 Å². The fourth-order valence-corrected chi connectivity index (χ4v) is 0.851. The van der Waals surface area contributed by atoms with Crippen LogP contribution in [0.3, 0.4) is 0 Å². The van der Waals surface area contributed by atoms with Gasteiger partial charge in [0.05, 0.1) is 19.8 Å². The van der Waals surface area contributed by atoms with Crippen LogP contribution >= 0.6 is 0 Å². The molecule has 0 aliphatic rings. The molecule has 0 aromatic rings. The molecule has 86 valence electrons. The van der Waals surface area contributed by atoms with Crippen LogP contribution in [0.25, 0.3) is 0 Å². The highest BCUT2D eigenvalue weighted by molar-refractivity contribution is 4.76. The third-order valence-corrected chi connectivity index (χ3v) is 1.90. The number of hydrogen-bond donors (Lipinski definition) is 2. The molecule has 14 heavy (non-hydrogen) atoms. The summed E-state index contributed by atoms with van der Waals surface area (Å²) < 4.78 is 10.5. The molecule has 0 spiro atoms. The van der Waals surface area contributed by atoms with Crippen molar-refractivity contribution < 1.29 is 14.6 Å². The fraction of sp³-hybridized carbons (Fsp3) is 1.00. The molecule has 4 nitrogen and oxygen atoms in total. The van der Waals surface area contributed by atoms with E-state index in [2.05, 4.69) is 6.92 Å². The van der Waals surface area contributed by atoms with Crippen LogP contribution < -0.4 is 5.73 Å². The molecule has 0 aromatic carbocycles. The van der Waals surface area contributed by atoms with E-state index in [1.165, 1.54) is 0 Å². The van der Waals surface area contributed by atoms with Gasteiger partial charge in [0.2, 0.25) is 0 Å². The topological polar surface area (TPSA) is 64.7 Å². The van der Waals surface area contributed by atoms with E-state index < -0.39 is 5.54 Å². The summed E-state index contributed by atoms with van der Waals surface area (Å²) in [6.07, 6.45) is 1.70. The molecule has 0 aromatic heterocycles. The number of nitrogens with two attached hydrogens (primary N) is 1. The van der Waals surface area contributed by atoms with Crippen molar-refractivity contribution in [3.8, 4) is 0 Å². The van der Waals surface area contributed by atoms with E-state index in [1.807, 2.05) is 6.92 Å². The SMILES string of the molecule is CCCOCCOCCC(C)(N)CO. The lowest BCUT2D eigenvalue weighted by Crippen LogP contribution is -2.41. The zero-order valence-electron chi connectivity index (χ0n) is 9.29. The lowest BCUT2D eigenvalue weighted by Gasteiger charge is -2.21. The largest absolute Gasteiger partial charge is 0.394 e. The highest BCUT2D eigenvalue weighted by Gasteiger charge is 2.15. The summed E-state index contributed by atoms with van der Waals surface area (Å²) in [5.41, 5.74) is 5.19. The molecule has 0 saturated heterocycles. The second kappa shape index (κ2) is 8.17. The van der Waals surface area contributed by atoms with Gasteiger partial charge in [0.25, 0.3) is 0 Å². The molecule has 0 rings (SSSR count). The average Bonchev–Trinajstić information content (AvgIpc) is 2.16. The van der Waals surface area contributed by atoms with Gasteiger partial charge in [-0.25, -0.2) is 0 Å². The number of aliphatic hydroxyl groups is 1. The summed E-state index contributed by atoms with van der Waals surface area (Å²) in [6, 6.07) is 0. The predicted octanol–water partition coefficient (Wildman–Crippen LogP) is 0.529. The van der Waals surface area contributed by atoms with Crippen molar-refractivity contribution in [2.24, 2.45) is 5.73 Å². The third kappa shape index (κ3) is 8.44. The summed E-state index contributed by atoms with van der Waals surface area (Å²) in [5.74, 6) is 0. The van der Waals surface area contributed by atoms with E-state index in [1.54, 1.807) is 0 Å². The van der Waals surface area contributed by atoms with Gasteiger partial charge in [-0.3, -0.25) is 0 Å². The average molecular weight is 205 g/mol. The van der Waals surface area contributed by atoms with E-state index in [9.17, 15) is 0 Å². The Bertz CT molecular complexity index is 129. The molecule has 0 fully saturated rings. The number of ether oxygens (including phenoxy) is 2. The lowest BCUT2D eigenvalue weighted by molar-refractivity contribution is 0.0383. The van der Waals surface area contributed by atoms with E-state index in [4.69, 9.17) is 20.3 Å². The Labute approximate surface area is 86.4 Å². The molecule has 0 amide bonds. The first-order chi connectivity index (χ1) is 6.62. The van der Waals surface area contributed by atoms with Crippen LogP contribution in [0.4, 0.5) is 0 Å². The van der Waals surface area contributed by atoms with Crippen LogP contribution in [0.5, 0.6) is 0 Å². The second-order valence-electron chi connectivity index (χ2n) is 3.79. The smallest absolute Gasteiger partial charge is 0.0700 e. The number of aliphatic hydroxyl groups excluding tert-OH is 1. The van der Waals surface area contributed by atoms with E-state index in [0.717, 1.165) is 13.0 Å². The minimum absolute atomic E-state index is 0.0112. The van der Waals surface area contributed by atoms with Crippen LogP contribution in [0.15, 0.2) is 0 Å². The Hall–Kier alpha value is -0.160. The summed E-state index contributed by atoms with van der Waals surface area (Å²) in [6.45, 7) is 6.46. The summed E-state index contributed by atoms with van der Waals surface area (Å²) in [7, 11) is 0. The van der Waals surface area contributed by atoms with Gasteiger partial charge in [-0.15, -0.1) is 0 Å². The molecule has 0 heterocycles. The Balaban J connectivity index is 3.13. The molecule has 3 N–H and O–H groups in total. The summed E-state index contributed by atoms with van der Waals surface area (Å²) >= 11 is 0. The zero-order chi connectivity index (χ0) is 10.9. The third-order valence-electron chi connectivity index (χ3n) is 1.90. The van der Waals surface area contributed by atoms with E-state index in [-0.39, 0.29) is 6.61 Å². The van der Waals surface area contributed by atoms with Crippen LogP contribution in [0.1, 0.15) is 26.7 Å². The minimum atomic E-state index is -0.524. The molecular weight excluding hydrogens is 182 g/mol. The second-order valence-corrected chi connectivity index (χ2v) is 3.79. The Morgan fingerprint density at radius 3 is 2.21 bits per heavy atom. The van der Waals surface area contributed by atoms with Crippen molar-refractivity contribution in [2.75, 3.05) is 33.0 Å². The van der Waals surface area contributed by atoms with Gasteiger partial charge in [-0.2, -0.15) is 0 Å². The Kier molecular flexibility index (Phi) is 8.08. The molecule has 0 aliphatic heterocycles. The number of rotatable bonds is 9. The van der Waals surface area contributed by atoms with Gasteiger partial charge in [0.15, 0.2) is 0 Å². The van der Waals surface area contributed by atoms with E-state index in [0.29, 0.717) is 26.2 Å². The maximum absolute atomic E-state index is 8.86. The minimum Gasteiger partial charge on any atom is -0.394 e. The maximum Gasteiger partial charge on any atom is 0.0700 e. The van der Waals surface area contributed by atoms with Gasteiger partial charge in [0, 0.05) is 18.8 Å². The maximum atomic E-state index is 8.86. The lowest BCUT2D eigenvalue weighted by atomic mass is 10.0. The standard InChI is InChI=1S/C10H23NO3/c1-3-5-13-7-8-14-6-4-10(2,11)9-12/h12H,3-9,11H2,1-2H3. The monoisotopic (exact) mass is 205 g/mol. The molecule has 0 aliphatic carbocycles. The van der Waals surface area contributed by atoms with Gasteiger partial charge >= 0.3 is 0 Å². The summed E-state index contributed by atoms with van der Waals surface area (Å²) in [4.78, 5) is 0. The molecule has 1 unspecified atom stereocenters. The molecule has 0 radical (unpaired) electrons. The van der Waals surface area contributed by atoms with Crippen LogP contribution in [0.2, 0.25) is 0 Å².